The second-order valence-corrected chi connectivity index (χ2v) is 6.21. The average Bonchev–Trinajstić information content (AvgIpc) is 2.67. The largest absolute Gasteiger partial charge is 0.366 e. The zero-order valence-corrected chi connectivity index (χ0v) is 15.6. The van der Waals surface area contributed by atoms with Gasteiger partial charge in [-0.3, -0.25) is 4.98 Å². The van der Waals surface area contributed by atoms with Crippen molar-refractivity contribution in [3.63, 3.8) is 0 Å². The van der Waals surface area contributed by atoms with Crippen molar-refractivity contribution in [2.24, 2.45) is 0 Å². The summed E-state index contributed by atoms with van der Waals surface area (Å²) in [6.07, 6.45) is 5.52. The Labute approximate surface area is 154 Å². The molecule has 134 valence electrons. The van der Waals surface area contributed by atoms with E-state index in [1.54, 1.807) is 12.4 Å². The minimum absolute atomic E-state index is 0.623. The molecular weight excluding hydrogens is 322 g/mol. The molecule has 3 rings (SSSR count). The first-order valence-electron chi connectivity index (χ1n) is 9.05. The number of anilines is 3. The van der Waals surface area contributed by atoms with E-state index < -0.39 is 0 Å². The predicted molar refractivity (Wildman–Crippen MR) is 107 cm³/mol. The SMILES string of the molecule is CCc1cccc(CC)c1Nc1nc(C)cc(NCc2ccncc2)n1. The average molecular weight is 347 g/mol. The fourth-order valence-electron chi connectivity index (χ4n) is 2.92. The lowest BCUT2D eigenvalue weighted by atomic mass is 10.0. The molecule has 2 heterocycles. The Morgan fingerprint density at radius 3 is 2.27 bits per heavy atom. The van der Waals surface area contributed by atoms with Gasteiger partial charge < -0.3 is 10.6 Å². The molecule has 0 unspecified atom stereocenters. The Balaban J connectivity index is 1.82. The predicted octanol–water partition coefficient (Wildman–Crippen LogP) is 4.66. The van der Waals surface area contributed by atoms with Crippen molar-refractivity contribution in [3.8, 4) is 0 Å². The lowest BCUT2D eigenvalue weighted by Gasteiger charge is -2.15. The molecule has 0 fully saturated rings. The van der Waals surface area contributed by atoms with Gasteiger partial charge in [-0.25, -0.2) is 4.98 Å². The topological polar surface area (TPSA) is 62.7 Å². The summed E-state index contributed by atoms with van der Waals surface area (Å²) < 4.78 is 0. The molecule has 1 aromatic carbocycles. The molecule has 0 atom stereocenters. The van der Waals surface area contributed by atoms with Gasteiger partial charge in [0.25, 0.3) is 0 Å². The van der Waals surface area contributed by atoms with Gasteiger partial charge in [0.1, 0.15) is 5.82 Å². The molecule has 2 aromatic heterocycles. The van der Waals surface area contributed by atoms with Crippen LogP contribution in [0.3, 0.4) is 0 Å². The van der Waals surface area contributed by atoms with Gasteiger partial charge >= 0.3 is 0 Å². The first-order valence-corrected chi connectivity index (χ1v) is 9.05. The number of hydrogen-bond donors (Lipinski definition) is 2. The van der Waals surface area contributed by atoms with Crippen LogP contribution < -0.4 is 10.6 Å². The second-order valence-electron chi connectivity index (χ2n) is 6.21. The van der Waals surface area contributed by atoms with Crippen LogP contribution in [0, 0.1) is 6.92 Å². The van der Waals surface area contributed by atoms with E-state index in [4.69, 9.17) is 0 Å². The van der Waals surface area contributed by atoms with E-state index in [1.807, 2.05) is 25.1 Å². The van der Waals surface area contributed by atoms with Gasteiger partial charge in [-0.15, -0.1) is 0 Å². The molecule has 0 saturated carbocycles. The Kier molecular flexibility index (Phi) is 5.79. The van der Waals surface area contributed by atoms with Gasteiger partial charge in [-0.1, -0.05) is 32.0 Å². The number of para-hydroxylation sites is 1. The molecule has 5 heteroatoms. The van der Waals surface area contributed by atoms with Crippen LogP contribution in [0.15, 0.2) is 48.8 Å². The van der Waals surface area contributed by atoms with E-state index in [-0.39, 0.29) is 0 Å². The molecule has 0 amide bonds. The van der Waals surface area contributed by atoms with Crippen molar-refractivity contribution in [1.29, 1.82) is 0 Å². The third-order valence-electron chi connectivity index (χ3n) is 4.31. The van der Waals surface area contributed by atoms with Crippen LogP contribution in [0.5, 0.6) is 0 Å². The lowest BCUT2D eigenvalue weighted by Crippen LogP contribution is -2.07. The smallest absolute Gasteiger partial charge is 0.229 e. The Hall–Kier alpha value is -2.95. The number of aryl methyl sites for hydroxylation is 3. The van der Waals surface area contributed by atoms with E-state index in [0.717, 1.165) is 35.6 Å². The van der Waals surface area contributed by atoms with Gasteiger partial charge in [-0.2, -0.15) is 4.98 Å². The summed E-state index contributed by atoms with van der Waals surface area (Å²) in [6, 6.07) is 12.4. The first kappa shape index (κ1) is 17.9. The standard InChI is InChI=1S/C21H25N5/c1-4-17-7-6-8-18(5-2)20(17)26-21-24-15(3)13-19(25-21)23-14-16-9-11-22-12-10-16/h6-13H,4-5,14H2,1-3H3,(H2,23,24,25,26). The van der Waals surface area contributed by atoms with Crippen LogP contribution >= 0.6 is 0 Å². The molecular formula is C21H25N5. The fourth-order valence-corrected chi connectivity index (χ4v) is 2.92. The van der Waals surface area contributed by atoms with Crippen LogP contribution in [-0.4, -0.2) is 15.0 Å². The van der Waals surface area contributed by atoms with E-state index in [9.17, 15) is 0 Å². The van der Waals surface area contributed by atoms with Crippen LogP contribution in [0.1, 0.15) is 36.2 Å². The Morgan fingerprint density at radius 1 is 0.923 bits per heavy atom. The monoisotopic (exact) mass is 347 g/mol. The van der Waals surface area contributed by atoms with Crippen molar-refractivity contribution < 1.29 is 0 Å². The summed E-state index contributed by atoms with van der Waals surface area (Å²) in [4.78, 5) is 13.3. The number of rotatable bonds is 7. The zero-order chi connectivity index (χ0) is 18.4. The van der Waals surface area contributed by atoms with E-state index >= 15 is 0 Å². The van der Waals surface area contributed by atoms with Crippen molar-refractivity contribution in [2.75, 3.05) is 10.6 Å². The maximum absolute atomic E-state index is 4.65. The maximum Gasteiger partial charge on any atom is 0.229 e. The normalized spacial score (nSPS) is 10.6. The van der Waals surface area contributed by atoms with Crippen molar-refractivity contribution in [1.82, 2.24) is 15.0 Å². The van der Waals surface area contributed by atoms with Gasteiger partial charge in [0.15, 0.2) is 0 Å². The summed E-state index contributed by atoms with van der Waals surface area (Å²) >= 11 is 0. The molecule has 0 bridgehead atoms. The third kappa shape index (κ3) is 4.36. The molecule has 0 radical (unpaired) electrons. The van der Waals surface area contributed by atoms with Gasteiger partial charge in [-0.05, 0) is 48.6 Å². The highest BCUT2D eigenvalue weighted by molar-refractivity contribution is 5.64. The minimum Gasteiger partial charge on any atom is -0.366 e. The van der Waals surface area contributed by atoms with Crippen molar-refractivity contribution in [2.45, 2.75) is 40.2 Å². The molecule has 3 aromatic rings. The molecule has 0 aliphatic carbocycles. The van der Waals surface area contributed by atoms with Crippen LogP contribution in [0.25, 0.3) is 0 Å². The third-order valence-corrected chi connectivity index (χ3v) is 4.31. The highest BCUT2D eigenvalue weighted by Gasteiger charge is 2.09. The highest BCUT2D eigenvalue weighted by Crippen LogP contribution is 2.25. The molecule has 0 spiro atoms. The number of nitrogens with one attached hydrogen (secondary N) is 2. The summed E-state index contributed by atoms with van der Waals surface area (Å²) in [6.45, 7) is 7.01. The minimum atomic E-state index is 0.623. The van der Waals surface area contributed by atoms with E-state index in [2.05, 4.69) is 57.6 Å². The Morgan fingerprint density at radius 2 is 1.62 bits per heavy atom. The quantitative estimate of drug-likeness (QED) is 0.651. The molecule has 0 aliphatic rings. The summed E-state index contributed by atoms with van der Waals surface area (Å²) in [5.74, 6) is 1.43. The maximum atomic E-state index is 4.65. The summed E-state index contributed by atoms with van der Waals surface area (Å²) in [5.41, 5.74) is 5.77. The summed E-state index contributed by atoms with van der Waals surface area (Å²) in [5, 5.41) is 6.82. The van der Waals surface area contributed by atoms with Gasteiger partial charge in [0.05, 0.1) is 0 Å². The van der Waals surface area contributed by atoms with Gasteiger partial charge in [0.2, 0.25) is 5.95 Å². The lowest BCUT2D eigenvalue weighted by molar-refractivity contribution is 1.04. The summed E-state index contributed by atoms with van der Waals surface area (Å²) in [7, 11) is 0. The zero-order valence-electron chi connectivity index (χ0n) is 15.6. The molecule has 5 nitrogen and oxygen atoms in total. The molecule has 0 saturated heterocycles. The number of aromatic nitrogens is 3. The number of hydrogen-bond acceptors (Lipinski definition) is 5. The molecule has 26 heavy (non-hydrogen) atoms. The highest BCUT2D eigenvalue weighted by atomic mass is 15.1. The first-order chi connectivity index (χ1) is 12.7. The van der Waals surface area contributed by atoms with Crippen LogP contribution in [-0.2, 0) is 19.4 Å². The second kappa shape index (κ2) is 8.43. The fraction of sp³-hybridized carbons (Fsp3) is 0.286. The Bertz CT molecular complexity index is 839. The van der Waals surface area contributed by atoms with Crippen LogP contribution in [0.4, 0.5) is 17.5 Å². The van der Waals surface area contributed by atoms with Gasteiger partial charge in [0, 0.05) is 36.4 Å². The number of pyridine rings is 1. The van der Waals surface area contributed by atoms with Crippen molar-refractivity contribution >= 4 is 17.5 Å². The molecule has 2 N–H and O–H groups in total. The number of benzene rings is 1. The molecule has 0 aliphatic heterocycles. The van der Waals surface area contributed by atoms with E-state index in [0.29, 0.717) is 12.5 Å². The van der Waals surface area contributed by atoms with Crippen LogP contribution in [0.2, 0.25) is 0 Å². The van der Waals surface area contributed by atoms with E-state index in [1.165, 1.54) is 11.1 Å². The number of nitrogens with zero attached hydrogens (tertiary/aromatic N) is 3. The van der Waals surface area contributed by atoms with Crippen molar-refractivity contribution in [3.05, 3.63) is 71.2 Å².